The first-order valence-electron chi connectivity index (χ1n) is 8.06. The molecule has 0 unspecified atom stereocenters. The summed E-state index contributed by atoms with van der Waals surface area (Å²) in [6.07, 6.45) is 0. The van der Waals surface area contributed by atoms with Crippen molar-refractivity contribution in [3.05, 3.63) is 70.7 Å². The third-order valence-electron chi connectivity index (χ3n) is 3.94. The molecule has 0 radical (unpaired) electrons. The summed E-state index contributed by atoms with van der Waals surface area (Å²) in [5, 5.41) is 23.0. The molecule has 0 saturated carbocycles. The molecular formula is C20H16ClNO5. The zero-order valence-corrected chi connectivity index (χ0v) is 14.9. The van der Waals surface area contributed by atoms with Crippen molar-refractivity contribution in [3.8, 4) is 5.75 Å². The number of halogens is 1. The van der Waals surface area contributed by atoms with E-state index in [2.05, 4.69) is 5.32 Å². The van der Waals surface area contributed by atoms with Crippen LogP contribution in [-0.4, -0.2) is 28.7 Å². The van der Waals surface area contributed by atoms with Gasteiger partial charge in [0.25, 0.3) is 5.91 Å². The van der Waals surface area contributed by atoms with Gasteiger partial charge in [-0.1, -0.05) is 29.8 Å². The predicted molar refractivity (Wildman–Crippen MR) is 102 cm³/mol. The molecule has 3 aromatic rings. The molecule has 0 fully saturated rings. The van der Waals surface area contributed by atoms with Crippen LogP contribution in [0.5, 0.6) is 5.75 Å². The second-order valence-corrected chi connectivity index (χ2v) is 6.23. The Hall–Kier alpha value is -3.09. The summed E-state index contributed by atoms with van der Waals surface area (Å²) in [6.45, 7) is -0.524. The Morgan fingerprint density at radius 1 is 1.07 bits per heavy atom. The first kappa shape index (κ1) is 18.7. The first-order valence-corrected chi connectivity index (χ1v) is 8.44. The number of rotatable bonds is 6. The summed E-state index contributed by atoms with van der Waals surface area (Å²) in [5.74, 6) is -1.27. The van der Waals surface area contributed by atoms with E-state index in [9.17, 15) is 19.8 Å². The number of aliphatic hydroxyl groups excluding tert-OH is 1. The number of fused-ring (bicyclic) bond motifs is 1. The van der Waals surface area contributed by atoms with E-state index in [4.69, 9.17) is 16.3 Å². The maximum atomic E-state index is 12.2. The Kier molecular flexibility index (Phi) is 5.59. The fraction of sp³-hybridized carbons (Fsp3) is 0.100. The molecule has 1 amide bonds. The highest BCUT2D eigenvalue weighted by Crippen LogP contribution is 2.30. The van der Waals surface area contributed by atoms with Crippen molar-refractivity contribution in [2.75, 3.05) is 11.9 Å². The van der Waals surface area contributed by atoms with Crippen molar-refractivity contribution in [2.45, 2.75) is 6.61 Å². The number of nitrogens with one attached hydrogen (secondary N) is 1. The van der Waals surface area contributed by atoms with E-state index in [1.54, 1.807) is 42.5 Å². The number of anilines is 1. The lowest BCUT2D eigenvalue weighted by Gasteiger charge is -2.12. The molecule has 3 N–H and O–H groups in total. The van der Waals surface area contributed by atoms with Crippen LogP contribution in [0.3, 0.4) is 0 Å². The molecule has 3 aromatic carbocycles. The highest BCUT2D eigenvalue weighted by molar-refractivity contribution is 6.31. The average Bonchev–Trinajstić information content (AvgIpc) is 2.65. The van der Waals surface area contributed by atoms with Gasteiger partial charge in [-0.05, 0) is 41.8 Å². The van der Waals surface area contributed by atoms with Gasteiger partial charge >= 0.3 is 5.97 Å². The molecule has 0 aliphatic rings. The van der Waals surface area contributed by atoms with Crippen molar-refractivity contribution in [3.63, 3.8) is 0 Å². The molecule has 0 saturated heterocycles. The number of benzene rings is 3. The van der Waals surface area contributed by atoms with E-state index in [-0.39, 0.29) is 24.5 Å². The number of aromatic carboxylic acids is 1. The highest BCUT2D eigenvalue weighted by atomic mass is 35.5. The lowest BCUT2D eigenvalue weighted by atomic mass is 10.1. The molecule has 0 atom stereocenters. The average molecular weight is 386 g/mol. The standard InChI is InChI=1S/C20H16ClNO5/c21-15-5-6-16-13(8-15)7-14(20(25)26)9-18(16)27-11-19(24)22-17-4-2-1-3-12(17)10-23/h1-9,23H,10-11H2,(H,22,24)(H,25,26). The van der Waals surface area contributed by atoms with Gasteiger partial charge in [0, 0.05) is 21.7 Å². The first-order chi connectivity index (χ1) is 13.0. The second-order valence-electron chi connectivity index (χ2n) is 5.80. The van der Waals surface area contributed by atoms with Gasteiger partial charge in [0.1, 0.15) is 5.75 Å². The van der Waals surface area contributed by atoms with E-state index in [1.807, 2.05) is 0 Å². The van der Waals surface area contributed by atoms with E-state index >= 15 is 0 Å². The molecule has 27 heavy (non-hydrogen) atoms. The third-order valence-corrected chi connectivity index (χ3v) is 4.18. The van der Waals surface area contributed by atoms with Crippen LogP contribution in [0.4, 0.5) is 5.69 Å². The minimum Gasteiger partial charge on any atom is -0.483 e. The summed E-state index contributed by atoms with van der Waals surface area (Å²) in [4.78, 5) is 23.5. The number of carboxylic acids is 1. The lowest BCUT2D eigenvalue weighted by Crippen LogP contribution is -2.21. The van der Waals surface area contributed by atoms with Gasteiger partial charge < -0.3 is 20.3 Å². The van der Waals surface area contributed by atoms with Gasteiger partial charge in [-0.2, -0.15) is 0 Å². The van der Waals surface area contributed by atoms with Crippen molar-refractivity contribution in [1.82, 2.24) is 0 Å². The number of carbonyl (C=O) groups excluding carboxylic acids is 1. The highest BCUT2D eigenvalue weighted by Gasteiger charge is 2.13. The molecule has 6 nitrogen and oxygen atoms in total. The van der Waals surface area contributed by atoms with Gasteiger partial charge in [0.05, 0.1) is 12.2 Å². The summed E-state index contributed by atoms with van der Waals surface area (Å²) < 4.78 is 5.58. The van der Waals surface area contributed by atoms with Gasteiger partial charge in [-0.25, -0.2) is 4.79 Å². The van der Waals surface area contributed by atoms with Crippen LogP contribution in [-0.2, 0) is 11.4 Å². The smallest absolute Gasteiger partial charge is 0.335 e. The number of para-hydroxylation sites is 1. The minimum atomic E-state index is -1.11. The Morgan fingerprint density at radius 2 is 1.85 bits per heavy atom. The van der Waals surface area contributed by atoms with Crippen molar-refractivity contribution in [1.29, 1.82) is 0 Å². The molecule has 7 heteroatoms. The van der Waals surface area contributed by atoms with Gasteiger partial charge in [-0.15, -0.1) is 0 Å². The van der Waals surface area contributed by atoms with Crippen LogP contribution in [0.25, 0.3) is 10.8 Å². The Bertz CT molecular complexity index is 1020. The molecule has 0 aliphatic carbocycles. The largest absolute Gasteiger partial charge is 0.483 e. The Balaban J connectivity index is 1.81. The van der Waals surface area contributed by atoms with E-state index in [0.29, 0.717) is 27.0 Å². The van der Waals surface area contributed by atoms with Crippen molar-refractivity contribution >= 4 is 39.9 Å². The van der Waals surface area contributed by atoms with Crippen LogP contribution in [0.15, 0.2) is 54.6 Å². The zero-order valence-electron chi connectivity index (χ0n) is 14.1. The minimum absolute atomic E-state index is 0.0331. The molecule has 0 heterocycles. The molecule has 3 rings (SSSR count). The zero-order chi connectivity index (χ0) is 19.4. The Labute approximate surface area is 160 Å². The fourth-order valence-electron chi connectivity index (χ4n) is 2.66. The van der Waals surface area contributed by atoms with E-state index in [1.165, 1.54) is 12.1 Å². The monoisotopic (exact) mass is 385 g/mol. The van der Waals surface area contributed by atoms with E-state index < -0.39 is 11.9 Å². The van der Waals surface area contributed by atoms with Crippen LogP contribution >= 0.6 is 11.6 Å². The number of aliphatic hydroxyl groups is 1. The third kappa shape index (κ3) is 4.36. The number of hydrogen-bond acceptors (Lipinski definition) is 4. The maximum Gasteiger partial charge on any atom is 0.335 e. The summed E-state index contributed by atoms with van der Waals surface area (Å²) >= 11 is 5.98. The fourth-order valence-corrected chi connectivity index (χ4v) is 2.84. The van der Waals surface area contributed by atoms with Crippen LogP contribution in [0.1, 0.15) is 15.9 Å². The van der Waals surface area contributed by atoms with Crippen LogP contribution < -0.4 is 10.1 Å². The van der Waals surface area contributed by atoms with Crippen molar-refractivity contribution < 1.29 is 24.5 Å². The maximum absolute atomic E-state index is 12.2. The lowest BCUT2D eigenvalue weighted by molar-refractivity contribution is -0.118. The summed E-state index contributed by atoms with van der Waals surface area (Å²) in [5.41, 5.74) is 1.11. The van der Waals surface area contributed by atoms with Gasteiger partial charge in [0.2, 0.25) is 0 Å². The molecule has 0 spiro atoms. The molecule has 0 aromatic heterocycles. The van der Waals surface area contributed by atoms with Crippen molar-refractivity contribution in [2.24, 2.45) is 0 Å². The van der Waals surface area contributed by atoms with E-state index in [0.717, 1.165) is 0 Å². The number of amides is 1. The molecule has 138 valence electrons. The number of ether oxygens (including phenoxy) is 1. The quantitative estimate of drug-likeness (QED) is 0.601. The Morgan fingerprint density at radius 3 is 2.59 bits per heavy atom. The van der Waals surface area contributed by atoms with Gasteiger partial charge in [0.15, 0.2) is 6.61 Å². The number of hydrogen-bond donors (Lipinski definition) is 3. The predicted octanol–water partition coefficient (Wildman–Crippen LogP) is 3.70. The molecule has 0 aliphatic heterocycles. The molecular weight excluding hydrogens is 370 g/mol. The second kappa shape index (κ2) is 8.07. The summed E-state index contributed by atoms with van der Waals surface area (Å²) in [7, 11) is 0. The summed E-state index contributed by atoms with van der Waals surface area (Å²) in [6, 6.07) is 14.7. The van der Waals surface area contributed by atoms with Gasteiger partial charge in [-0.3, -0.25) is 4.79 Å². The SMILES string of the molecule is O=C(COc1cc(C(=O)O)cc2cc(Cl)ccc12)Nc1ccccc1CO. The number of carboxylic acid groups (broad SMARTS) is 1. The topological polar surface area (TPSA) is 95.9 Å². The normalized spacial score (nSPS) is 10.6. The molecule has 0 bridgehead atoms. The van der Waals surface area contributed by atoms with Crippen LogP contribution in [0, 0.1) is 0 Å². The number of carbonyl (C=O) groups is 2. The van der Waals surface area contributed by atoms with Crippen LogP contribution in [0.2, 0.25) is 5.02 Å².